The highest BCUT2D eigenvalue weighted by Gasteiger charge is 2.12. The van der Waals surface area contributed by atoms with Gasteiger partial charge >= 0.3 is 0 Å². The number of allylic oxidation sites excluding steroid dienone is 2. The number of nitrogens with zero attached hydrogens (tertiary/aromatic N) is 3. The molecule has 2 heterocycles. The first kappa shape index (κ1) is 11.7. The Bertz CT molecular complexity index is 507. The van der Waals surface area contributed by atoms with Crippen LogP contribution in [0.4, 0.5) is 0 Å². The summed E-state index contributed by atoms with van der Waals surface area (Å²) in [5, 5.41) is 0. The summed E-state index contributed by atoms with van der Waals surface area (Å²) in [7, 11) is 0. The van der Waals surface area contributed by atoms with Crippen LogP contribution in [0.1, 0.15) is 20.3 Å². The fourth-order valence-corrected chi connectivity index (χ4v) is 1.89. The minimum Gasteiger partial charge on any atom is -0.441 e. The zero-order chi connectivity index (χ0) is 12.1. The maximum atomic E-state index is 5.71. The molecule has 5 heteroatoms. The first-order valence-corrected chi connectivity index (χ1v) is 6.14. The summed E-state index contributed by atoms with van der Waals surface area (Å²) in [5.41, 5.74) is 1.67. The van der Waals surface area contributed by atoms with E-state index in [2.05, 4.69) is 13.7 Å². The normalized spacial score (nSPS) is 11.5. The van der Waals surface area contributed by atoms with Crippen LogP contribution in [0.25, 0.3) is 11.3 Å². The lowest BCUT2D eigenvalue weighted by atomic mass is 10.2. The van der Waals surface area contributed by atoms with Gasteiger partial charge in [0, 0.05) is 24.4 Å². The van der Waals surface area contributed by atoms with E-state index in [1.165, 1.54) is 0 Å². The van der Waals surface area contributed by atoms with Crippen molar-refractivity contribution in [2.24, 2.45) is 0 Å². The molecule has 0 spiro atoms. The van der Waals surface area contributed by atoms with Crippen molar-refractivity contribution < 1.29 is 4.74 Å². The largest absolute Gasteiger partial charge is 0.441 e. The summed E-state index contributed by atoms with van der Waals surface area (Å²) in [6.45, 7) is 3.99. The lowest BCUT2D eigenvalue weighted by Gasteiger charge is -2.05. The molecule has 2 aromatic heterocycles. The van der Waals surface area contributed by atoms with Crippen molar-refractivity contribution in [1.29, 1.82) is 0 Å². The predicted octanol–water partition coefficient (Wildman–Crippen LogP) is 3.29. The van der Waals surface area contributed by atoms with Gasteiger partial charge in [0.25, 0.3) is 5.88 Å². The van der Waals surface area contributed by atoms with Gasteiger partial charge in [-0.1, -0.05) is 6.92 Å². The number of hydrogen-bond acceptors (Lipinski definition) is 5. The Labute approximate surface area is 104 Å². The van der Waals surface area contributed by atoms with E-state index < -0.39 is 0 Å². The number of hydrogen-bond donors (Lipinski definition) is 0. The van der Waals surface area contributed by atoms with Crippen LogP contribution in [0, 0.1) is 0 Å². The maximum Gasteiger partial charge on any atom is 0.259 e. The second-order valence-corrected chi connectivity index (χ2v) is 3.90. The van der Waals surface area contributed by atoms with E-state index in [1.807, 2.05) is 32.1 Å². The molecule has 2 aromatic rings. The maximum absolute atomic E-state index is 5.71. The first-order chi connectivity index (χ1) is 8.35. The number of aromatic nitrogens is 3. The van der Waals surface area contributed by atoms with Crippen molar-refractivity contribution in [1.82, 2.24) is 13.7 Å². The minimum absolute atomic E-state index is 0.554. The molecular formula is C12H13N3OS. The summed E-state index contributed by atoms with van der Waals surface area (Å²) in [5.74, 6) is 1.45. The van der Waals surface area contributed by atoms with E-state index in [-0.39, 0.29) is 0 Å². The molecule has 88 valence electrons. The zero-order valence-corrected chi connectivity index (χ0v) is 10.6. The molecule has 0 radical (unpaired) electrons. The van der Waals surface area contributed by atoms with Gasteiger partial charge in [-0.3, -0.25) is 4.98 Å². The summed E-state index contributed by atoms with van der Waals surface area (Å²) >= 11 is 1.14. The van der Waals surface area contributed by atoms with Gasteiger partial charge in [0.2, 0.25) is 0 Å². The lowest BCUT2D eigenvalue weighted by molar-refractivity contribution is 0.398. The average molecular weight is 247 g/mol. The molecule has 0 unspecified atom stereocenters. The van der Waals surface area contributed by atoms with Crippen LogP contribution in [0.2, 0.25) is 0 Å². The van der Waals surface area contributed by atoms with E-state index in [1.54, 1.807) is 12.4 Å². The van der Waals surface area contributed by atoms with E-state index in [0.29, 0.717) is 5.88 Å². The van der Waals surface area contributed by atoms with Crippen molar-refractivity contribution in [3.63, 3.8) is 0 Å². The third-order valence-corrected chi connectivity index (χ3v) is 2.80. The summed E-state index contributed by atoms with van der Waals surface area (Å²) in [4.78, 5) is 4.07. The number of ether oxygens (including phenoxy) is 1. The molecular weight excluding hydrogens is 234 g/mol. The lowest BCUT2D eigenvalue weighted by Crippen LogP contribution is -1.95. The third-order valence-electron chi connectivity index (χ3n) is 2.29. The quantitative estimate of drug-likeness (QED) is 0.778. The van der Waals surface area contributed by atoms with E-state index >= 15 is 0 Å². The van der Waals surface area contributed by atoms with Crippen LogP contribution in [0.3, 0.4) is 0 Å². The van der Waals surface area contributed by atoms with Crippen LogP contribution < -0.4 is 4.74 Å². The Morgan fingerprint density at radius 1 is 1.47 bits per heavy atom. The zero-order valence-electron chi connectivity index (χ0n) is 9.75. The van der Waals surface area contributed by atoms with Crippen LogP contribution in [-0.4, -0.2) is 13.7 Å². The highest BCUT2D eigenvalue weighted by molar-refractivity contribution is 6.99. The Morgan fingerprint density at radius 2 is 2.35 bits per heavy atom. The second-order valence-electron chi connectivity index (χ2n) is 3.37. The highest BCUT2D eigenvalue weighted by atomic mass is 32.1. The minimum atomic E-state index is 0.554. The molecule has 0 N–H and O–H groups in total. The van der Waals surface area contributed by atoms with E-state index in [4.69, 9.17) is 4.74 Å². The molecule has 0 aliphatic rings. The molecule has 0 aromatic carbocycles. The molecule has 0 saturated carbocycles. The van der Waals surface area contributed by atoms with Gasteiger partial charge in [-0.25, -0.2) is 0 Å². The van der Waals surface area contributed by atoms with Gasteiger partial charge < -0.3 is 4.74 Å². The topological polar surface area (TPSA) is 47.9 Å². The van der Waals surface area contributed by atoms with E-state index in [0.717, 1.165) is 35.2 Å². The summed E-state index contributed by atoms with van der Waals surface area (Å²) < 4.78 is 14.1. The molecule has 0 amide bonds. The van der Waals surface area contributed by atoms with Crippen molar-refractivity contribution in [2.45, 2.75) is 20.3 Å². The Morgan fingerprint density at radius 3 is 3.00 bits per heavy atom. The van der Waals surface area contributed by atoms with Gasteiger partial charge in [-0.05, 0) is 25.1 Å². The SMILES string of the molecule is CC=C(CC)Oc1nsnc1-c1cccnc1. The fraction of sp³-hybridized carbons (Fsp3) is 0.250. The second kappa shape index (κ2) is 5.54. The Balaban J connectivity index is 2.29. The van der Waals surface area contributed by atoms with Gasteiger partial charge in [0.05, 0.1) is 11.7 Å². The van der Waals surface area contributed by atoms with Crippen LogP contribution in [-0.2, 0) is 0 Å². The molecule has 17 heavy (non-hydrogen) atoms. The van der Waals surface area contributed by atoms with Gasteiger partial charge in [-0.2, -0.15) is 4.37 Å². The van der Waals surface area contributed by atoms with Crippen molar-refractivity contribution >= 4 is 11.7 Å². The van der Waals surface area contributed by atoms with Gasteiger partial charge in [0.15, 0.2) is 0 Å². The molecule has 2 rings (SSSR count). The molecule has 0 aliphatic carbocycles. The van der Waals surface area contributed by atoms with Crippen molar-refractivity contribution in [2.75, 3.05) is 0 Å². The molecule has 0 saturated heterocycles. The van der Waals surface area contributed by atoms with Crippen LogP contribution in [0.5, 0.6) is 5.88 Å². The molecule has 4 nitrogen and oxygen atoms in total. The van der Waals surface area contributed by atoms with E-state index in [9.17, 15) is 0 Å². The molecule has 0 bridgehead atoms. The molecule has 0 atom stereocenters. The first-order valence-electron chi connectivity index (χ1n) is 5.41. The summed E-state index contributed by atoms with van der Waals surface area (Å²) in [6.07, 6.45) is 6.25. The smallest absolute Gasteiger partial charge is 0.259 e. The van der Waals surface area contributed by atoms with Crippen molar-refractivity contribution in [3.05, 3.63) is 36.4 Å². The van der Waals surface area contributed by atoms with Gasteiger partial charge in [0.1, 0.15) is 11.5 Å². The monoisotopic (exact) mass is 247 g/mol. The summed E-state index contributed by atoms with van der Waals surface area (Å²) in [6, 6.07) is 3.81. The van der Waals surface area contributed by atoms with Crippen molar-refractivity contribution in [3.8, 4) is 17.1 Å². The Hall–Kier alpha value is -1.75. The molecule has 0 aliphatic heterocycles. The number of rotatable bonds is 4. The third kappa shape index (κ3) is 2.68. The Kier molecular flexibility index (Phi) is 3.82. The van der Waals surface area contributed by atoms with Crippen LogP contribution in [0.15, 0.2) is 36.4 Å². The average Bonchev–Trinajstić information content (AvgIpc) is 2.85. The fourth-order valence-electron chi connectivity index (χ4n) is 1.39. The molecule has 0 fully saturated rings. The standard InChI is InChI=1S/C12H13N3OS/c1-3-10(4-2)16-12-11(14-17-15-12)9-6-5-7-13-8-9/h3,5-8H,4H2,1-2H3. The predicted molar refractivity (Wildman–Crippen MR) is 67.8 cm³/mol. The number of pyridine rings is 1. The highest BCUT2D eigenvalue weighted by Crippen LogP contribution is 2.28. The van der Waals surface area contributed by atoms with Gasteiger partial charge in [-0.15, -0.1) is 4.37 Å². The van der Waals surface area contributed by atoms with Crippen LogP contribution >= 0.6 is 11.7 Å².